The smallest absolute Gasteiger partial charge is 0.339 e. The summed E-state index contributed by atoms with van der Waals surface area (Å²) < 4.78 is 41.6. The highest BCUT2D eigenvalue weighted by Crippen LogP contribution is 2.37. The minimum absolute atomic E-state index is 0.202. The second kappa shape index (κ2) is 5.87. The highest BCUT2D eigenvalue weighted by Gasteiger charge is 2.33. The summed E-state index contributed by atoms with van der Waals surface area (Å²) in [7, 11) is -3.29. The van der Waals surface area contributed by atoms with E-state index in [1.54, 1.807) is 19.1 Å². The zero-order valence-corrected chi connectivity index (χ0v) is 13.9. The molecule has 6 heteroatoms. The van der Waals surface area contributed by atoms with Gasteiger partial charge in [-0.25, -0.2) is 17.6 Å². The Balaban J connectivity index is 2.14. The fraction of sp³-hybridized carbons (Fsp3) is 0.167. The van der Waals surface area contributed by atoms with Gasteiger partial charge in [0, 0.05) is 11.8 Å². The van der Waals surface area contributed by atoms with E-state index < -0.39 is 27.7 Å². The molecule has 0 fully saturated rings. The van der Waals surface area contributed by atoms with Crippen molar-refractivity contribution in [2.24, 2.45) is 0 Å². The third kappa shape index (κ3) is 2.97. The van der Waals surface area contributed by atoms with Crippen LogP contribution in [0, 0.1) is 5.82 Å². The Bertz CT molecular complexity index is 926. The summed E-state index contributed by atoms with van der Waals surface area (Å²) in [5.74, 6) is -0.867. The van der Waals surface area contributed by atoms with Gasteiger partial charge in [-0.2, -0.15) is 0 Å². The van der Waals surface area contributed by atoms with Crippen LogP contribution in [-0.4, -0.2) is 26.7 Å². The number of carbonyl (C=O) groups excluding carboxylic acids is 1. The highest BCUT2D eigenvalue weighted by atomic mass is 32.2. The molecule has 0 radical (unpaired) electrons. The molecule has 0 aliphatic carbocycles. The number of hydrogen-bond acceptors (Lipinski definition) is 4. The second-order valence-electron chi connectivity index (χ2n) is 5.64. The van der Waals surface area contributed by atoms with Gasteiger partial charge in [0.05, 0.1) is 10.5 Å². The summed E-state index contributed by atoms with van der Waals surface area (Å²) in [6.45, 7) is 1.74. The van der Waals surface area contributed by atoms with Gasteiger partial charge in [0.1, 0.15) is 11.9 Å². The molecule has 1 aliphatic rings. The van der Waals surface area contributed by atoms with Gasteiger partial charge in [-0.05, 0) is 42.3 Å². The van der Waals surface area contributed by atoms with E-state index in [2.05, 4.69) is 0 Å². The van der Waals surface area contributed by atoms with Crippen molar-refractivity contribution in [2.45, 2.75) is 17.9 Å². The largest absolute Gasteiger partial charge is 0.454 e. The van der Waals surface area contributed by atoms with Crippen LogP contribution in [0.3, 0.4) is 0 Å². The van der Waals surface area contributed by atoms with Crippen LogP contribution in [0.15, 0.2) is 53.4 Å². The minimum atomic E-state index is -3.29. The standard InChI is InChI=1S/C18H15FO4S/c1-11-16(12-5-9-15(10-6-12)24(2,21)22)17(18(20)23-11)13-3-7-14(19)8-4-13/h3-11H,1-2H3. The lowest BCUT2D eigenvalue weighted by Gasteiger charge is -2.10. The van der Waals surface area contributed by atoms with Gasteiger partial charge in [0.15, 0.2) is 9.84 Å². The molecule has 3 rings (SSSR count). The van der Waals surface area contributed by atoms with E-state index >= 15 is 0 Å². The van der Waals surface area contributed by atoms with Crippen LogP contribution >= 0.6 is 0 Å². The lowest BCUT2D eigenvalue weighted by atomic mass is 9.93. The summed E-state index contributed by atoms with van der Waals surface area (Å²) >= 11 is 0. The molecule has 1 aliphatic heterocycles. The number of cyclic esters (lactones) is 1. The van der Waals surface area contributed by atoms with Gasteiger partial charge < -0.3 is 4.74 Å². The maximum atomic E-state index is 13.1. The van der Waals surface area contributed by atoms with Gasteiger partial charge in [0.2, 0.25) is 0 Å². The summed E-state index contributed by atoms with van der Waals surface area (Å²) in [4.78, 5) is 12.4. The van der Waals surface area contributed by atoms with Crippen LogP contribution < -0.4 is 0 Å². The van der Waals surface area contributed by atoms with Gasteiger partial charge in [-0.15, -0.1) is 0 Å². The van der Waals surface area contributed by atoms with Gasteiger partial charge in [-0.3, -0.25) is 0 Å². The van der Waals surface area contributed by atoms with E-state index in [0.29, 0.717) is 22.3 Å². The Morgan fingerprint density at radius 3 is 2.04 bits per heavy atom. The monoisotopic (exact) mass is 346 g/mol. The first-order valence-electron chi connectivity index (χ1n) is 7.29. The molecule has 0 saturated carbocycles. The first kappa shape index (κ1) is 16.4. The molecule has 1 heterocycles. The molecule has 2 aromatic rings. The predicted molar refractivity (Wildman–Crippen MR) is 88.3 cm³/mol. The number of rotatable bonds is 3. The number of sulfone groups is 1. The van der Waals surface area contributed by atoms with Crippen molar-refractivity contribution >= 4 is 27.0 Å². The van der Waals surface area contributed by atoms with Crippen molar-refractivity contribution in [1.82, 2.24) is 0 Å². The average Bonchev–Trinajstić information content (AvgIpc) is 2.82. The summed E-state index contributed by atoms with van der Waals surface area (Å²) in [6, 6.07) is 11.9. The fourth-order valence-corrected chi connectivity index (χ4v) is 3.37. The number of benzene rings is 2. The molecule has 0 aromatic heterocycles. The first-order valence-corrected chi connectivity index (χ1v) is 9.18. The van der Waals surface area contributed by atoms with Crippen molar-refractivity contribution < 1.29 is 22.3 Å². The molecule has 1 atom stereocenters. The SMILES string of the molecule is CC1OC(=O)C(c2ccc(F)cc2)=C1c1ccc(S(C)(=O)=O)cc1. The fourth-order valence-electron chi connectivity index (χ4n) is 2.74. The number of carbonyl (C=O) groups is 1. The van der Waals surface area contributed by atoms with Crippen molar-refractivity contribution in [3.05, 3.63) is 65.5 Å². The van der Waals surface area contributed by atoms with E-state index in [1.807, 2.05) is 0 Å². The van der Waals surface area contributed by atoms with Gasteiger partial charge in [0.25, 0.3) is 0 Å². The number of halogens is 1. The molecule has 24 heavy (non-hydrogen) atoms. The van der Waals surface area contributed by atoms with E-state index in [0.717, 1.165) is 6.26 Å². The third-order valence-electron chi connectivity index (χ3n) is 3.89. The molecule has 0 spiro atoms. The Hall–Kier alpha value is -2.47. The van der Waals surface area contributed by atoms with E-state index in [9.17, 15) is 17.6 Å². The normalized spacial score (nSPS) is 18.0. The highest BCUT2D eigenvalue weighted by molar-refractivity contribution is 7.90. The Morgan fingerprint density at radius 1 is 0.958 bits per heavy atom. The zero-order valence-electron chi connectivity index (χ0n) is 13.1. The maximum Gasteiger partial charge on any atom is 0.339 e. The Morgan fingerprint density at radius 2 is 1.50 bits per heavy atom. The molecule has 4 nitrogen and oxygen atoms in total. The molecule has 0 amide bonds. The number of esters is 1. The first-order chi connectivity index (χ1) is 11.3. The predicted octanol–water partition coefficient (Wildman–Crippen LogP) is 3.09. The summed E-state index contributed by atoms with van der Waals surface area (Å²) in [5.41, 5.74) is 2.29. The van der Waals surface area contributed by atoms with Crippen LogP contribution in [0.25, 0.3) is 11.1 Å². The third-order valence-corrected chi connectivity index (χ3v) is 5.02. The van der Waals surface area contributed by atoms with Gasteiger partial charge >= 0.3 is 5.97 Å². The quantitative estimate of drug-likeness (QED) is 0.802. The van der Waals surface area contributed by atoms with Crippen molar-refractivity contribution in [1.29, 1.82) is 0 Å². The van der Waals surface area contributed by atoms with Crippen LogP contribution in [0.4, 0.5) is 4.39 Å². The van der Waals surface area contributed by atoms with Crippen molar-refractivity contribution in [2.75, 3.05) is 6.26 Å². The van der Waals surface area contributed by atoms with Gasteiger partial charge in [-0.1, -0.05) is 24.3 Å². The molecule has 1 unspecified atom stereocenters. The second-order valence-corrected chi connectivity index (χ2v) is 7.66. The van der Waals surface area contributed by atoms with Crippen LogP contribution in [0.5, 0.6) is 0 Å². The minimum Gasteiger partial charge on any atom is -0.454 e. The average molecular weight is 346 g/mol. The lowest BCUT2D eigenvalue weighted by Crippen LogP contribution is -2.05. The van der Waals surface area contributed by atoms with Crippen LogP contribution in [-0.2, 0) is 19.4 Å². The molecule has 0 saturated heterocycles. The Labute approximate surface area is 139 Å². The molecule has 124 valence electrons. The number of hydrogen-bond donors (Lipinski definition) is 0. The zero-order chi connectivity index (χ0) is 17.5. The van der Waals surface area contributed by atoms with E-state index in [1.165, 1.54) is 36.4 Å². The molecular weight excluding hydrogens is 331 g/mol. The van der Waals surface area contributed by atoms with Crippen molar-refractivity contribution in [3.8, 4) is 0 Å². The lowest BCUT2D eigenvalue weighted by molar-refractivity contribution is -0.136. The van der Waals surface area contributed by atoms with Crippen molar-refractivity contribution in [3.63, 3.8) is 0 Å². The molecular formula is C18H15FO4S. The summed E-state index contributed by atoms with van der Waals surface area (Å²) in [5, 5.41) is 0. The Kier molecular flexibility index (Phi) is 4.01. The van der Waals surface area contributed by atoms with E-state index in [-0.39, 0.29) is 4.90 Å². The number of ether oxygens (including phenoxy) is 1. The van der Waals surface area contributed by atoms with E-state index in [4.69, 9.17) is 4.74 Å². The topological polar surface area (TPSA) is 60.4 Å². The summed E-state index contributed by atoms with van der Waals surface area (Å²) in [6.07, 6.45) is 0.664. The maximum absolute atomic E-state index is 13.1. The van der Waals surface area contributed by atoms with Crippen LogP contribution in [0.1, 0.15) is 18.1 Å². The van der Waals surface area contributed by atoms with Crippen LogP contribution in [0.2, 0.25) is 0 Å². The molecule has 2 aromatic carbocycles. The molecule has 0 N–H and O–H groups in total. The molecule has 0 bridgehead atoms.